The summed E-state index contributed by atoms with van der Waals surface area (Å²) in [5.41, 5.74) is 2.51. The maximum atomic E-state index is 13.2. The van der Waals surface area contributed by atoms with Crippen LogP contribution in [0.2, 0.25) is 0 Å². The Hall–Kier alpha value is -3.26. The van der Waals surface area contributed by atoms with E-state index in [1.165, 1.54) is 17.7 Å². The zero-order valence-electron chi connectivity index (χ0n) is 17.5. The second-order valence-electron chi connectivity index (χ2n) is 8.15. The van der Waals surface area contributed by atoms with Crippen molar-refractivity contribution in [1.82, 2.24) is 20.0 Å². The fourth-order valence-electron chi connectivity index (χ4n) is 4.17. The van der Waals surface area contributed by atoms with E-state index >= 15 is 0 Å². The summed E-state index contributed by atoms with van der Waals surface area (Å²) >= 11 is 1.66. The average Bonchev–Trinajstić information content (AvgIpc) is 3.45. The minimum absolute atomic E-state index is 0.0131. The molecule has 7 nitrogen and oxygen atoms in total. The van der Waals surface area contributed by atoms with Gasteiger partial charge in [-0.05, 0) is 52.4 Å². The second-order valence-corrected chi connectivity index (χ2v) is 8.93. The summed E-state index contributed by atoms with van der Waals surface area (Å²) in [6, 6.07) is 13.1. The number of hydrogen-bond donors (Lipinski definition) is 1. The second kappa shape index (κ2) is 8.47. The monoisotopic (exact) mass is 436 g/mol. The van der Waals surface area contributed by atoms with E-state index in [1.807, 2.05) is 0 Å². The highest BCUT2D eigenvalue weighted by atomic mass is 32.1. The molecule has 1 aliphatic rings. The van der Waals surface area contributed by atoms with Gasteiger partial charge in [-0.3, -0.25) is 14.4 Å². The van der Waals surface area contributed by atoms with E-state index in [0.29, 0.717) is 25.9 Å². The standard InChI is InChI=1S/C23H24N4O3S/c1-26(2)22(30)23(13-16-3-5-17(6-4-16)18-9-12-31-14-18)10-11-27(15-23)21(29)19-7-8-20(28)25-24-19/h3-9,12,14H,10-11,13,15H2,1-2H3,(H,25,28). The van der Waals surface area contributed by atoms with Crippen molar-refractivity contribution in [3.63, 3.8) is 0 Å². The third kappa shape index (κ3) is 4.29. The molecule has 4 rings (SSSR count). The Morgan fingerprint density at radius 2 is 1.90 bits per heavy atom. The van der Waals surface area contributed by atoms with E-state index in [9.17, 15) is 14.4 Å². The van der Waals surface area contributed by atoms with Gasteiger partial charge in [-0.1, -0.05) is 24.3 Å². The maximum absolute atomic E-state index is 13.2. The molecule has 1 aliphatic heterocycles. The fraction of sp³-hybridized carbons (Fsp3) is 0.304. The fourth-order valence-corrected chi connectivity index (χ4v) is 4.84. The third-order valence-electron chi connectivity index (χ3n) is 5.75. The van der Waals surface area contributed by atoms with Gasteiger partial charge in [0.25, 0.3) is 11.5 Å². The number of aromatic nitrogens is 2. The van der Waals surface area contributed by atoms with Crippen molar-refractivity contribution in [3.05, 3.63) is 74.8 Å². The van der Waals surface area contributed by atoms with Crippen LogP contribution >= 0.6 is 11.3 Å². The molecule has 0 aliphatic carbocycles. The van der Waals surface area contributed by atoms with Gasteiger partial charge in [0.15, 0.2) is 0 Å². The molecule has 1 unspecified atom stereocenters. The SMILES string of the molecule is CN(C)C(=O)C1(Cc2ccc(-c3ccsc3)cc2)CCN(C(=O)c2ccc(=O)[nH]n2)C1. The Morgan fingerprint density at radius 3 is 2.52 bits per heavy atom. The number of carbonyl (C=O) groups is 2. The molecular weight excluding hydrogens is 412 g/mol. The summed E-state index contributed by atoms with van der Waals surface area (Å²) < 4.78 is 0. The van der Waals surface area contributed by atoms with Gasteiger partial charge in [-0.15, -0.1) is 0 Å². The van der Waals surface area contributed by atoms with E-state index in [1.54, 1.807) is 35.2 Å². The van der Waals surface area contributed by atoms with Crippen LogP contribution in [0.4, 0.5) is 0 Å². The lowest BCUT2D eigenvalue weighted by atomic mass is 9.79. The number of rotatable bonds is 5. The summed E-state index contributed by atoms with van der Waals surface area (Å²) in [5.74, 6) is -0.267. The van der Waals surface area contributed by atoms with Crippen LogP contribution < -0.4 is 5.56 Å². The Balaban J connectivity index is 1.56. The molecule has 3 aromatic rings. The lowest BCUT2D eigenvalue weighted by molar-refractivity contribution is -0.138. The van der Waals surface area contributed by atoms with Crippen molar-refractivity contribution in [2.24, 2.45) is 5.41 Å². The van der Waals surface area contributed by atoms with Gasteiger partial charge in [0, 0.05) is 33.3 Å². The number of amides is 2. The number of hydrogen-bond acceptors (Lipinski definition) is 5. The normalized spacial score (nSPS) is 18.2. The van der Waals surface area contributed by atoms with Crippen LogP contribution in [-0.2, 0) is 11.2 Å². The minimum Gasteiger partial charge on any atom is -0.348 e. The first-order valence-corrected chi connectivity index (χ1v) is 11.0. The molecule has 2 amide bonds. The first-order valence-electron chi connectivity index (χ1n) is 10.1. The van der Waals surface area contributed by atoms with Crippen molar-refractivity contribution < 1.29 is 9.59 Å². The summed E-state index contributed by atoms with van der Waals surface area (Å²) in [6.07, 6.45) is 1.13. The molecule has 1 fully saturated rings. The summed E-state index contributed by atoms with van der Waals surface area (Å²) in [7, 11) is 3.50. The number of nitrogens with one attached hydrogen (secondary N) is 1. The smallest absolute Gasteiger partial charge is 0.274 e. The molecule has 160 valence electrons. The van der Waals surface area contributed by atoms with Gasteiger partial charge < -0.3 is 9.80 Å². The molecule has 1 saturated heterocycles. The molecule has 0 spiro atoms. The molecule has 31 heavy (non-hydrogen) atoms. The number of H-pyrrole nitrogens is 1. The number of aromatic amines is 1. The van der Waals surface area contributed by atoms with Crippen molar-refractivity contribution >= 4 is 23.2 Å². The molecule has 0 saturated carbocycles. The number of benzene rings is 1. The van der Waals surface area contributed by atoms with Crippen molar-refractivity contribution in [2.75, 3.05) is 27.2 Å². The number of thiophene rings is 1. The first kappa shape index (κ1) is 21.0. The minimum atomic E-state index is -0.689. The van der Waals surface area contributed by atoms with Crippen LogP contribution in [0.25, 0.3) is 11.1 Å². The van der Waals surface area contributed by atoms with E-state index in [2.05, 4.69) is 51.3 Å². The van der Waals surface area contributed by atoms with E-state index in [0.717, 1.165) is 11.1 Å². The largest absolute Gasteiger partial charge is 0.348 e. The summed E-state index contributed by atoms with van der Waals surface area (Å²) in [6.45, 7) is 0.780. The van der Waals surface area contributed by atoms with Crippen molar-refractivity contribution in [3.8, 4) is 11.1 Å². The number of carbonyl (C=O) groups excluding carboxylic acids is 2. The van der Waals surface area contributed by atoms with E-state index < -0.39 is 5.41 Å². The Labute approximate surface area is 184 Å². The predicted molar refractivity (Wildman–Crippen MR) is 120 cm³/mol. The molecule has 2 aromatic heterocycles. The van der Waals surface area contributed by atoms with Crippen LogP contribution in [0.3, 0.4) is 0 Å². The molecule has 3 heterocycles. The quantitative estimate of drug-likeness (QED) is 0.666. The van der Waals surface area contributed by atoms with Crippen LogP contribution in [0.1, 0.15) is 22.5 Å². The summed E-state index contributed by atoms with van der Waals surface area (Å²) in [5, 5.41) is 10.3. The molecule has 0 bridgehead atoms. The molecule has 0 radical (unpaired) electrons. The van der Waals surface area contributed by atoms with Crippen molar-refractivity contribution in [2.45, 2.75) is 12.8 Å². The van der Waals surface area contributed by atoms with Gasteiger partial charge in [0.05, 0.1) is 5.41 Å². The molecule has 1 atom stereocenters. The highest BCUT2D eigenvalue weighted by molar-refractivity contribution is 7.08. The van der Waals surface area contributed by atoms with Gasteiger partial charge in [-0.2, -0.15) is 16.4 Å². The van der Waals surface area contributed by atoms with Crippen LogP contribution in [0, 0.1) is 5.41 Å². The predicted octanol–water partition coefficient (Wildman–Crippen LogP) is 2.66. The van der Waals surface area contributed by atoms with Crippen LogP contribution in [-0.4, -0.2) is 59.0 Å². The van der Waals surface area contributed by atoms with Gasteiger partial charge in [-0.25, -0.2) is 5.10 Å². The zero-order valence-corrected chi connectivity index (χ0v) is 18.3. The van der Waals surface area contributed by atoms with Crippen molar-refractivity contribution in [1.29, 1.82) is 0 Å². The Bertz CT molecular complexity index is 1120. The molecular formula is C23H24N4O3S. The lowest BCUT2D eigenvalue weighted by Gasteiger charge is -2.31. The van der Waals surface area contributed by atoms with Crippen LogP contribution in [0.5, 0.6) is 0 Å². The first-order chi connectivity index (χ1) is 14.9. The van der Waals surface area contributed by atoms with Gasteiger partial charge >= 0.3 is 0 Å². The maximum Gasteiger partial charge on any atom is 0.274 e. The van der Waals surface area contributed by atoms with Gasteiger partial charge in [0.1, 0.15) is 5.69 Å². The molecule has 8 heteroatoms. The Kier molecular flexibility index (Phi) is 5.73. The number of likely N-dealkylation sites (tertiary alicyclic amines) is 1. The molecule has 1 aromatic carbocycles. The highest BCUT2D eigenvalue weighted by Crippen LogP contribution is 2.37. The van der Waals surface area contributed by atoms with Gasteiger partial charge in [0.2, 0.25) is 5.91 Å². The van der Waals surface area contributed by atoms with Crippen LogP contribution in [0.15, 0.2) is 58.0 Å². The highest BCUT2D eigenvalue weighted by Gasteiger charge is 2.47. The summed E-state index contributed by atoms with van der Waals surface area (Å²) in [4.78, 5) is 40.6. The average molecular weight is 437 g/mol. The van der Waals surface area contributed by atoms with E-state index in [4.69, 9.17) is 0 Å². The zero-order chi connectivity index (χ0) is 22.0. The molecule has 1 N–H and O–H groups in total. The van der Waals surface area contributed by atoms with E-state index in [-0.39, 0.29) is 23.1 Å². The lowest BCUT2D eigenvalue weighted by Crippen LogP contribution is -2.44. The Morgan fingerprint density at radius 1 is 1.13 bits per heavy atom. The topological polar surface area (TPSA) is 86.4 Å². The third-order valence-corrected chi connectivity index (χ3v) is 6.43. The number of nitrogens with zero attached hydrogens (tertiary/aromatic N) is 3.